The molecule has 1 saturated heterocycles. The minimum Gasteiger partial charge on any atom is -0.325 e. The summed E-state index contributed by atoms with van der Waals surface area (Å²) in [5.41, 5.74) is 2.16. The number of halogens is 2. The van der Waals surface area contributed by atoms with Gasteiger partial charge in [-0.2, -0.15) is 0 Å². The second-order valence-electron chi connectivity index (χ2n) is 5.05. The van der Waals surface area contributed by atoms with Crippen molar-refractivity contribution < 1.29 is 4.21 Å². The first-order valence-corrected chi connectivity index (χ1v) is 9.58. The molecule has 1 fully saturated rings. The van der Waals surface area contributed by atoms with Crippen molar-refractivity contribution in [1.82, 2.24) is 9.55 Å². The van der Waals surface area contributed by atoms with Crippen LogP contribution in [0.3, 0.4) is 0 Å². The highest BCUT2D eigenvalue weighted by atomic mass is 79.9. The average Bonchev–Trinajstić information content (AvgIpc) is 2.77. The van der Waals surface area contributed by atoms with E-state index in [4.69, 9.17) is 16.6 Å². The minimum atomic E-state index is -0.638. The highest BCUT2D eigenvalue weighted by molar-refractivity contribution is 9.10. The van der Waals surface area contributed by atoms with Crippen LogP contribution in [0.4, 0.5) is 0 Å². The molecule has 6 heteroatoms. The first-order chi connectivity index (χ1) is 9.69. The summed E-state index contributed by atoms with van der Waals surface area (Å²) in [5, 5.41) is 0. The molecule has 0 amide bonds. The molecule has 3 nitrogen and oxygen atoms in total. The maximum atomic E-state index is 11.6. The molecule has 0 unspecified atom stereocenters. The summed E-state index contributed by atoms with van der Waals surface area (Å²) >= 11 is 9.41. The van der Waals surface area contributed by atoms with E-state index in [0.717, 1.165) is 52.1 Å². The van der Waals surface area contributed by atoms with Gasteiger partial charge in [-0.25, -0.2) is 4.98 Å². The zero-order valence-corrected chi connectivity index (χ0v) is 14.2. The fraction of sp³-hybridized carbons (Fsp3) is 0.500. The van der Waals surface area contributed by atoms with E-state index in [-0.39, 0.29) is 0 Å². The van der Waals surface area contributed by atoms with Gasteiger partial charge in [-0.1, -0.05) is 15.9 Å². The van der Waals surface area contributed by atoms with E-state index in [0.29, 0.717) is 11.9 Å². The fourth-order valence-electron chi connectivity index (χ4n) is 2.83. The molecular formula is C14H16BrClN2OS. The summed E-state index contributed by atoms with van der Waals surface area (Å²) in [6.45, 7) is 0. The second kappa shape index (κ2) is 6.16. The van der Waals surface area contributed by atoms with Crippen LogP contribution in [-0.4, -0.2) is 31.1 Å². The molecule has 2 aromatic rings. The minimum absolute atomic E-state index is 0.400. The van der Waals surface area contributed by atoms with Crippen molar-refractivity contribution in [3.05, 3.63) is 28.5 Å². The number of nitrogens with zero attached hydrogens (tertiary/aromatic N) is 2. The van der Waals surface area contributed by atoms with Gasteiger partial charge >= 0.3 is 0 Å². The Morgan fingerprint density at radius 2 is 2.15 bits per heavy atom. The Morgan fingerprint density at radius 1 is 1.40 bits per heavy atom. The van der Waals surface area contributed by atoms with Crippen molar-refractivity contribution in [1.29, 1.82) is 0 Å². The van der Waals surface area contributed by atoms with E-state index in [2.05, 4.69) is 26.6 Å². The SMILES string of the molecule is O=S1CCC(n2c(CCCl)nc3cc(Br)ccc32)CC1. The molecule has 0 radical (unpaired) electrons. The average molecular weight is 376 g/mol. The number of aromatic nitrogens is 2. The van der Waals surface area contributed by atoms with Gasteiger partial charge in [-0.3, -0.25) is 4.21 Å². The van der Waals surface area contributed by atoms with E-state index < -0.39 is 10.8 Å². The summed E-state index contributed by atoms with van der Waals surface area (Å²) in [5.74, 6) is 3.21. The van der Waals surface area contributed by atoms with Crippen LogP contribution in [0, 0.1) is 0 Å². The molecule has 0 N–H and O–H groups in total. The van der Waals surface area contributed by atoms with Gasteiger partial charge in [0, 0.05) is 45.1 Å². The maximum Gasteiger partial charge on any atom is 0.111 e. The molecule has 1 aromatic heterocycles. The molecule has 3 rings (SSSR count). The van der Waals surface area contributed by atoms with Gasteiger partial charge in [-0.05, 0) is 31.0 Å². The van der Waals surface area contributed by atoms with Crippen molar-refractivity contribution in [2.75, 3.05) is 17.4 Å². The van der Waals surface area contributed by atoms with Gasteiger partial charge < -0.3 is 4.57 Å². The Bertz CT molecular complexity index is 648. The van der Waals surface area contributed by atoms with E-state index in [1.165, 1.54) is 0 Å². The molecular weight excluding hydrogens is 360 g/mol. The number of aryl methyl sites for hydroxylation is 1. The van der Waals surface area contributed by atoms with Gasteiger partial charge in [0.2, 0.25) is 0 Å². The van der Waals surface area contributed by atoms with Crippen molar-refractivity contribution in [3.8, 4) is 0 Å². The van der Waals surface area contributed by atoms with Crippen LogP contribution in [-0.2, 0) is 17.2 Å². The Balaban J connectivity index is 2.06. The Morgan fingerprint density at radius 3 is 2.85 bits per heavy atom. The monoisotopic (exact) mass is 374 g/mol. The van der Waals surface area contributed by atoms with Gasteiger partial charge in [0.05, 0.1) is 11.0 Å². The molecule has 0 bridgehead atoms. The highest BCUT2D eigenvalue weighted by Crippen LogP contribution is 2.30. The lowest BCUT2D eigenvalue weighted by atomic mass is 10.1. The third kappa shape index (κ3) is 2.81. The van der Waals surface area contributed by atoms with Gasteiger partial charge in [0.15, 0.2) is 0 Å². The summed E-state index contributed by atoms with van der Waals surface area (Å²) < 4.78 is 14.9. The lowest BCUT2D eigenvalue weighted by Crippen LogP contribution is -2.23. The number of benzene rings is 1. The third-order valence-electron chi connectivity index (χ3n) is 3.77. The van der Waals surface area contributed by atoms with Gasteiger partial charge in [-0.15, -0.1) is 11.6 Å². The van der Waals surface area contributed by atoms with Crippen LogP contribution in [0.2, 0.25) is 0 Å². The predicted molar refractivity (Wildman–Crippen MR) is 88.0 cm³/mol. The largest absolute Gasteiger partial charge is 0.325 e. The van der Waals surface area contributed by atoms with E-state index >= 15 is 0 Å². The second-order valence-corrected chi connectivity index (χ2v) is 8.04. The molecule has 2 heterocycles. The smallest absolute Gasteiger partial charge is 0.111 e. The quantitative estimate of drug-likeness (QED) is 0.767. The van der Waals surface area contributed by atoms with Crippen molar-refractivity contribution in [2.45, 2.75) is 25.3 Å². The van der Waals surface area contributed by atoms with Crippen LogP contribution >= 0.6 is 27.5 Å². The zero-order chi connectivity index (χ0) is 14.1. The standard InChI is InChI=1S/C14H16BrClN2OS/c15-10-1-2-13-12(9-10)17-14(3-6-16)18(13)11-4-7-20(19)8-5-11/h1-2,9,11H,3-8H2. The molecule has 0 atom stereocenters. The first-order valence-electron chi connectivity index (χ1n) is 6.76. The lowest BCUT2D eigenvalue weighted by molar-refractivity contribution is 0.459. The summed E-state index contributed by atoms with van der Waals surface area (Å²) in [6.07, 6.45) is 2.69. The molecule has 0 aliphatic carbocycles. The van der Waals surface area contributed by atoms with Crippen molar-refractivity contribution >= 4 is 49.4 Å². The molecule has 1 aliphatic rings. The molecule has 108 valence electrons. The molecule has 1 aromatic carbocycles. The van der Waals surface area contributed by atoms with E-state index in [1.54, 1.807) is 0 Å². The van der Waals surface area contributed by atoms with Crippen molar-refractivity contribution in [3.63, 3.8) is 0 Å². The number of rotatable bonds is 3. The van der Waals surface area contributed by atoms with Crippen LogP contribution in [0.1, 0.15) is 24.7 Å². The fourth-order valence-corrected chi connectivity index (χ4v) is 4.62. The zero-order valence-electron chi connectivity index (χ0n) is 11.0. The number of fused-ring (bicyclic) bond motifs is 1. The predicted octanol–water partition coefficient (Wildman–Crippen LogP) is 3.66. The van der Waals surface area contributed by atoms with E-state index in [1.807, 2.05) is 12.1 Å². The summed E-state index contributed by atoms with van der Waals surface area (Å²) in [7, 11) is -0.638. The Labute approximate surface area is 134 Å². The topological polar surface area (TPSA) is 34.9 Å². The van der Waals surface area contributed by atoms with Crippen LogP contribution in [0.25, 0.3) is 11.0 Å². The maximum absolute atomic E-state index is 11.6. The lowest BCUT2D eigenvalue weighted by Gasteiger charge is -2.25. The number of imidazole rings is 1. The summed E-state index contributed by atoms with van der Waals surface area (Å²) in [4.78, 5) is 4.73. The molecule has 0 spiro atoms. The molecule has 20 heavy (non-hydrogen) atoms. The van der Waals surface area contributed by atoms with Gasteiger partial charge in [0.25, 0.3) is 0 Å². The first kappa shape index (κ1) is 14.5. The van der Waals surface area contributed by atoms with Crippen molar-refractivity contribution in [2.24, 2.45) is 0 Å². The van der Waals surface area contributed by atoms with Crippen LogP contribution in [0.15, 0.2) is 22.7 Å². The summed E-state index contributed by atoms with van der Waals surface area (Å²) in [6, 6.07) is 6.60. The normalized spacial score (nSPS) is 23.3. The molecule has 1 aliphatic heterocycles. The Hall–Kier alpha value is -0.390. The van der Waals surface area contributed by atoms with Crippen LogP contribution < -0.4 is 0 Å². The number of hydrogen-bond acceptors (Lipinski definition) is 2. The highest BCUT2D eigenvalue weighted by Gasteiger charge is 2.23. The Kier molecular flexibility index (Phi) is 4.48. The van der Waals surface area contributed by atoms with E-state index in [9.17, 15) is 4.21 Å². The number of hydrogen-bond donors (Lipinski definition) is 0. The molecule has 0 saturated carbocycles. The van der Waals surface area contributed by atoms with Crippen LogP contribution in [0.5, 0.6) is 0 Å². The van der Waals surface area contributed by atoms with Gasteiger partial charge in [0.1, 0.15) is 5.82 Å². The third-order valence-corrected chi connectivity index (χ3v) is 5.83. The number of alkyl halides is 1.